The molecule has 1 N–H and O–H groups in total. The first-order chi connectivity index (χ1) is 12.0. The molecule has 0 bridgehead atoms. The van der Waals surface area contributed by atoms with Gasteiger partial charge in [-0.2, -0.15) is 9.78 Å². The molecule has 1 aromatic heterocycles. The first kappa shape index (κ1) is 17.2. The number of aliphatic hydroxyl groups is 1. The third-order valence-electron chi connectivity index (χ3n) is 4.28. The van der Waals surface area contributed by atoms with Crippen molar-refractivity contribution in [2.45, 2.75) is 18.6 Å². The predicted molar refractivity (Wildman–Crippen MR) is 87.1 cm³/mol. The van der Waals surface area contributed by atoms with E-state index in [2.05, 4.69) is 5.10 Å². The number of rotatable bonds is 4. The maximum absolute atomic E-state index is 14.0. The zero-order valence-corrected chi connectivity index (χ0v) is 13.6. The third-order valence-corrected chi connectivity index (χ3v) is 4.28. The maximum Gasteiger partial charge on any atom is 0.274 e. The summed E-state index contributed by atoms with van der Waals surface area (Å²) in [6.45, 7) is 0.125. The molecule has 1 fully saturated rings. The van der Waals surface area contributed by atoms with Gasteiger partial charge in [0.05, 0.1) is 18.8 Å². The molecule has 3 rings (SSSR count). The minimum Gasteiger partial charge on any atom is -0.394 e. The van der Waals surface area contributed by atoms with Crippen molar-refractivity contribution in [3.05, 3.63) is 58.3 Å². The molecule has 1 aliphatic rings. The molecule has 25 heavy (non-hydrogen) atoms. The normalized spacial score (nSPS) is 20.0. The Kier molecular flexibility index (Phi) is 4.91. The Balaban J connectivity index is 1.96. The van der Waals surface area contributed by atoms with Crippen molar-refractivity contribution in [2.24, 2.45) is 0 Å². The Hall–Kier alpha value is -2.58. The highest BCUT2D eigenvalue weighted by Crippen LogP contribution is 2.21. The largest absolute Gasteiger partial charge is 0.394 e. The molecule has 132 valence electrons. The molecular weight excluding hydrogens is 329 g/mol. The van der Waals surface area contributed by atoms with Crippen molar-refractivity contribution >= 4 is 5.91 Å². The number of aromatic nitrogens is 2. The summed E-state index contributed by atoms with van der Waals surface area (Å²) in [5.41, 5.74) is -0.577. The number of benzene rings is 1. The number of methoxy groups -OCH3 is 1. The van der Waals surface area contributed by atoms with Crippen LogP contribution in [0.1, 0.15) is 16.9 Å². The van der Waals surface area contributed by atoms with Crippen LogP contribution in [0.4, 0.5) is 4.39 Å². The molecule has 0 unspecified atom stereocenters. The predicted octanol–water partition coefficient (Wildman–Crippen LogP) is 0.593. The van der Waals surface area contributed by atoms with Crippen LogP contribution >= 0.6 is 0 Å². The van der Waals surface area contributed by atoms with Crippen LogP contribution in [-0.2, 0) is 4.74 Å². The molecule has 1 saturated heterocycles. The van der Waals surface area contributed by atoms with E-state index in [1.54, 1.807) is 13.2 Å². The van der Waals surface area contributed by atoms with Crippen LogP contribution < -0.4 is 5.56 Å². The minimum absolute atomic E-state index is 0.00180. The highest BCUT2D eigenvalue weighted by Gasteiger charge is 2.36. The number of nitrogens with zero attached hydrogens (tertiary/aromatic N) is 3. The number of aliphatic hydroxyl groups excluding tert-OH is 1. The number of ether oxygens (including phenoxy) is 1. The van der Waals surface area contributed by atoms with E-state index in [4.69, 9.17) is 4.74 Å². The molecule has 8 heteroatoms. The van der Waals surface area contributed by atoms with Gasteiger partial charge in [0.15, 0.2) is 0 Å². The van der Waals surface area contributed by atoms with Crippen molar-refractivity contribution in [3.63, 3.8) is 0 Å². The first-order valence-corrected chi connectivity index (χ1v) is 7.85. The van der Waals surface area contributed by atoms with E-state index in [1.165, 1.54) is 35.2 Å². The van der Waals surface area contributed by atoms with E-state index in [-0.39, 0.29) is 30.1 Å². The van der Waals surface area contributed by atoms with E-state index in [9.17, 15) is 19.1 Å². The van der Waals surface area contributed by atoms with Crippen LogP contribution in [0.2, 0.25) is 0 Å². The monoisotopic (exact) mass is 347 g/mol. The fourth-order valence-corrected chi connectivity index (χ4v) is 2.93. The van der Waals surface area contributed by atoms with Crippen molar-refractivity contribution in [1.29, 1.82) is 0 Å². The average molecular weight is 347 g/mol. The summed E-state index contributed by atoms with van der Waals surface area (Å²) in [5.74, 6) is -1.06. The average Bonchev–Trinajstić information content (AvgIpc) is 3.06. The van der Waals surface area contributed by atoms with Gasteiger partial charge in [-0.25, -0.2) is 4.39 Å². The number of halogens is 1. The molecular formula is C17H18FN3O4. The van der Waals surface area contributed by atoms with Gasteiger partial charge in [0.2, 0.25) is 0 Å². The highest BCUT2D eigenvalue weighted by atomic mass is 19.1. The van der Waals surface area contributed by atoms with Gasteiger partial charge in [0.25, 0.3) is 11.5 Å². The van der Waals surface area contributed by atoms with Gasteiger partial charge in [-0.15, -0.1) is 0 Å². The lowest BCUT2D eigenvalue weighted by Crippen LogP contribution is -2.39. The highest BCUT2D eigenvalue weighted by molar-refractivity contribution is 5.92. The second-order valence-electron chi connectivity index (χ2n) is 5.81. The van der Waals surface area contributed by atoms with Crippen LogP contribution in [0, 0.1) is 5.82 Å². The fourth-order valence-electron chi connectivity index (χ4n) is 2.93. The summed E-state index contributed by atoms with van der Waals surface area (Å²) in [6, 6.07) is 7.79. The number of hydrogen-bond donors (Lipinski definition) is 1. The molecule has 1 amide bonds. The number of amides is 1. The number of para-hydroxylation sites is 1. The van der Waals surface area contributed by atoms with Gasteiger partial charge in [0.1, 0.15) is 17.2 Å². The summed E-state index contributed by atoms with van der Waals surface area (Å²) in [7, 11) is 1.55. The Bertz CT molecular complexity index is 839. The van der Waals surface area contributed by atoms with Gasteiger partial charge in [0, 0.05) is 19.7 Å². The minimum atomic E-state index is -0.615. The standard InChI is InChI=1S/C17H18FN3O4/c1-25-12-8-11(10-22)20(9-12)17(24)14-6-7-16(23)21(19-14)15-5-3-2-4-13(15)18/h2-7,11-12,22H,8-10H2,1H3/t11-,12+/m0/s1. The van der Waals surface area contributed by atoms with Gasteiger partial charge in [-0.3, -0.25) is 9.59 Å². The maximum atomic E-state index is 14.0. The lowest BCUT2D eigenvalue weighted by molar-refractivity contribution is 0.0640. The van der Waals surface area contributed by atoms with E-state index in [0.29, 0.717) is 13.0 Å². The Labute approximate surface area is 143 Å². The van der Waals surface area contributed by atoms with Crippen LogP contribution in [-0.4, -0.2) is 58.1 Å². The molecule has 1 aromatic carbocycles. The number of hydrogen-bond acceptors (Lipinski definition) is 5. The van der Waals surface area contributed by atoms with Gasteiger partial charge in [-0.1, -0.05) is 12.1 Å². The van der Waals surface area contributed by atoms with Crippen molar-refractivity contribution in [2.75, 3.05) is 20.3 Å². The van der Waals surface area contributed by atoms with E-state index in [0.717, 1.165) is 4.68 Å². The molecule has 0 radical (unpaired) electrons. The van der Waals surface area contributed by atoms with Gasteiger partial charge < -0.3 is 14.7 Å². The van der Waals surface area contributed by atoms with Crippen molar-refractivity contribution in [3.8, 4) is 5.69 Å². The number of likely N-dealkylation sites (tertiary alicyclic amines) is 1. The third kappa shape index (κ3) is 3.31. The Morgan fingerprint density at radius 3 is 2.80 bits per heavy atom. The fraction of sp³-hybridized carbons (Fsp3) is 0.353. The summed E-state index contributed by atoms with van der Waals surface area (Å²) < 4.78 is 20.1. The Morgan fingerprint density at radius 2 is 2.12 bits per heavy atom. The zero-order chi connectivity index (χ0) is 18.0. The van der Waals surface area contributed by atoms with Crippen molar-refractivity contribution in [1.82, 2.24) is 14.7 Å². The molecule has 0 saturated carbocycles. The molecule has 2 aromatic rings. The lowest BCUT2D eigenvalue weighted by Gasteiger charge is -2.22. The summed E-state index contributed by atoms with van der Waals surface area (Å²) in [5, 5.41) is 13.5. The van der Waals surface area contributed by atoms with Crippen LogP contribution in [0.25, 0.3) is 5.69 Å². The zero-order valence-electron chi connectivity index (χ0n) is 13.6. The molecule has 7 nitrogen and oxygen atoms in total. The Morgan fingerprint density at radius 1 is 1.36 bits per heavy atom. The molecule has 0 aliphatic carbocycles. The molecule has 0 spiro atoms. The molecule has 2 atom stereocenters. The lowest BCUT2D eigenvalue weighted by atomic mass is 10.2. The first-order valence-electron chi connectivity index (χ1n) is 7.85. The molecule has 2 heterocycles. The molecule has 1 aliphatic heterocycles. The SMILES string of the molecule is CO[C@@H]1C[C@@H](CO)N(C(=O)c2ccc(=O)n(-c3ccccc3F)n2)C1. The van der Waals surface area contributed by atoms with E-state index < -0.39 is 17.3 Å². The summed E-state index contributed by atoms with van der Waals surface area (Å²) in [4.78, 5) is 26.2. The quantitative estimate of drug-likeness (QED) is 0.875. The smallest absolute Gasteiger partial charge is 0.274 e. The second-order valence-corrected chi connectivity index (χ2v) is 5.81. The van der Waals surface area contributed by atoms with Crippen LogP contribution in [0.15, 0.2) is 41.2 Å². The van der Waals surface area contributed by atoms with Crippen molar-refractivity contribution < 1.29 is 19.0 Å². The van der Waals surface area contributed by atoms with E-state index >= 15 is 0 Å². The van der Waals surface area contributed by atoms with E-state index in [1.807, 2.05) is 0 Å². The van der Waals surface area contributed by atoms with Crippen LogP contribution in [0.5, 0.6) is 0 Å². The second kappa shape index (κ2) is 7.12. The number of carbonyl (C=O) groups excluding carboxylic acids is 1. The summed E-state index contributed by atoms with van der Waals surface area (Å²) in [6.07, 6.45) is 0.352. The topological polar surface area (TPSA) is 84.7 Å². The van der Waals surface area contributed by atoms with Crippen LogP contribution in [0.3, 0.4) is 0 Å². The van der Waals surface area contributed by atoms with Gasteiger partial charge >= 0.3 is 0 Å². The van der Waals surface area contributed by atoms with Gasteiger partial charge in [-0.05, 0) is 24.6 Å². The number of carbonyl (C=O) groups is 1. The summed E-state index contributed by atoms with van der Waals surface area (Å²) >= 11 is 0.